The van der Waals surface area contributed by atoms with E-state index < -0.39 is 24.2 Å². The summed E-state index contributed by atoms with van der Waals surface area (Å²) in [5.74, 6) is 0. The van der Waals surface area contributed by atoms with Gasteiger partial charge in [-0.05, 0) is 134 Å². The van der Waals surface area contributed by atoms with Crippen molar-refractivity contribution >= 4 is 64.5 Å². The Morgan fingerprint density at radius 3 is 1.69 bits per heavy atom. The van der Waals surface area contributed by atoms with Crippen molar-refractivity contribution in [1.82, 2.24) is 0 Å². The molecule has 0 N–H and O–H groups in total. The second kappa shape index (κ2) is 13.9. The van der Waals surface area contributed by atoms with Crippen LogP contribution in [0, 0.1) is 0 Å². The van der Waals surface area contributed by atoms with Crippen molar-refractivity contribution < 1.29 is 17.8 Å². The molecule has 0 bridgehead atoms. The molecular weight excluding hydrogens is 729 g/mol. The molecule has 280 valence electrons. The van der Waals surface area contributed by atoms with Gasteiger partial charge in [0.15, 0.2) is 0 Å². The van der Waals surface area contributed by atoms with Crippen LogP contribution >= 0.6 is 11.3 Å². The third-order valence-electron chi connectivity index (χ3n) is 11.3. The predicted molar refractivity (Wildman–Crippen MR) is 258 cm³/mol. The Kier molecular flexibility index (Phi) is 5.72. The van der Waals surface area contributed by atoms with Gasteiger partial charge in [-0.2, -0.15) is 0 Å². The van der Waals surface area contributed by atoms with Crippen LogP contribution in [0.1, 0.15) is 44.2 Å². The molecule has 0 saturated carbocycles. The second-order valence-electron chi connectivity index (χ2n) is 15.9. The highest BCUT2D eigenvalue weighted by Crippen LogP contribution is 2.45. The first-order chi connectivity index (χ1) is 34.3. The number of hydrogen-bond donors (Lipinski definition) is 0. The molecule has 0 atom stereocenters. The molecule has 1 heteroatoms. The molecule has 0 nitrogen and oxygen atoms in total. The Morgan fingerprint density at radius 2 is 0.983 bits per heavy atom. The van der Waals surface area contributed by atoms with Gasteiger partial charge < -0.3 is 0 Å². The van der Waals surface area contributed by atoms with Crippen molar-refractivity contribution in [2.45, 2.75) is 26.2 Å². The quantitative estimate of drug-likeness (QED) is 0.120. The van der Waals surface area contributed by atoms with E-state index in [0.717, 1.165) is 55.1 Å². The van der Waals surface area contributed by atoms with Gasteiger partial charge in [0.2, 0.25) is 0 Å². The molecule has 0 aliphatic rings. The highest BCUT2D eigenvalue weighted by molar-refractivity contribution is 7.22. The SMILES string of the molecule is [2H]c1c([2H])c([2H])c2c([2H])c(-c3cccc(-c4ccccc4-c4ccc(-c5c6c([2H])c([2H])c([2H])c([2H])c6c(-c6ccc7c(ccc8ccc(C(C)(C)C)cc87)c6)c6c([2H])c([2H])c([2H])c([2H])c56)cc4)c3)sc2c1[2H]. The lowest BCUT2D eigenvalue weighted by Gasteiger charge is -2.20. The topological polar surface area (TPSA) is 0 Å². The Bertz CT molecular complexity index is 4090. The summed E-state index contributed by atoms with van der Waals surface area (Å²) < 4.78 is 116. The van der Waals surface area contributed by atoms with Gasteiger partial charge in [-0.25, -0.2) is 0 Å². The van der Waals surface area contributed by atoms with Crippen LogP contribution in [0.15, 0.2) is 200 Å². The number of thiophene rings is 1. The molecule has 59 heavy (non-hydrogen) atoms. The zero-order valence-corrected chi connectivity index (χ0v) is 33.3. The van der Waals surface area contributed by atoms with E-state index in [1.807, 2.05) is 103 Å². The summed E-state index contributed by atoms with van der Waals surface area (Å²) in [5, 5.41) is 4.69. The van der Waals surface area contributed by atoms with Gasteiger partial charge in [-0.15, -0.1) is 11.3 Å². The number of hydrogen-bond acceptors (Lipinski definition) is 1. The molecule has 0 aliphatic carbocycles. The second-order valence-corrected chi connectivity index (χ2v) is 16.9. The molecule has 0 fully saturated rings. The van der Waals surface area contributed by atoms with Crippen molar-refractivity contribution in [3.8, 4) is 54.9 Å². The first kappa shape index (κ1) is 24.2. The lowest BCUT2D eigenvalue weighted by atomic mass is 9.84. The zero-order valence-electron chi connectivity index (χ0n) is 45.5. The summed E-state index contributed by atoms with van der Waals surface area (Å²) in [4.78, 5) is 0.519. The van der Waals surface area contributed by atoms with Crippen LogP contribution in [-0.4, -0.2) is 0 Å². The standard InChI is InChI=1S/C58H42S/c1-58(2,3)45-31-29-38-25-28-41-34-44(30-32-48(41)53(38)36-45)57-51-20-9-7-18-49(51)56(50-19-8-10-21-52(50)57)39-26-23-37(24-27-39)46-16-5-6-17-47(46)40-14-12-15-42(33-40)55-35-43-13-4-11-22-54(43)59-55/h4-36H,1-3H3/i4D,7D,8D,9D,10D,11D,13D,18D,19D,20D,21D,22D,35D. The average molecular weight is 784 g/mol. The molecule has 11 aromatic rings. The highest BCUT2D eigenvalue weighted by atomic mass is 32.1. The lowest BCUT2D eigenvalue weighted by Crippen LogP contribution is -2.10. The minimum absolute atomic E-state index is 0.0338. The van der Waals surface area contributed by atoms with Crippen molar-refractivity contribution in [2.24, 2.45) is 0 Å². The minimum Gasteiger partial charge on any atom is -0.135 e. The predicted octanol–water partition coefficient (Wildman–Crippen LogP) is 17.1. The Morgan fingerprint density at radius 1 is 0.407 bits per heavy atom. The molecule has 0 saturated heterocycles. The number of rotatable bonds is 5. The van der Waals surface area contributed by atoms with Crippen LogP contribution < -0.4 is 0 Å². The van der Waals surface area contributed by atoms with E-state index in [-0.39, 0.29) is 97.9 Å². The molecule has 0 radical (unpaired) electrons. The molecule has 11 rings (SSSR count). The first-order valence-electron chi connectivity index (χ1n) is 26.0. The molecule has 1 heterocycles. The summed E-state index contributed by atoms with van der Waals surface area (Å²) in [5.41, 5.74) is 6.64. The van der Waals surface area contributed by atoms with Crippen LogP contribution in [0.5, 0.6) is 0 Å². The zero-order chi connectivity index (χ0) is 51.0. The highest BCUT2D eigenvalue weighted by Gasteiger charge is 2.19. The summed E-state index contributed by atoms with van der Waals surface area (Å²) in [6.45, 7) is 6.50. The van der Waals surface area contributed by atoms with Crippen molar-refractivity contribution in [3.05, 3.63) is 205 Å². The summed E-state index contributed by atoms with van der Waals surface area (Å²) in [7, 11) is 0. The summed E-state index contributed by atoms with van der Waals surface area (Å²) >= 11 is 1.16. The van der Waals surface area contributed by atoms with Crippen molar-refractivity contribution in [3.63, 3.8) is 0 Å². The first-order valence-corrected chi connectivity index (χ1v) is 20.3. The average Bonchev–Trinajstić information content (AvgIpc) is 3.74. The fourth-order valence-electron chi connectivity index (χ4n) is 8.35. The molecule has 0 amide bonds. The van der Waals surface area contributed by atoms with Gasteiger partial charge in [-0.1, -0.05) is 196 Å². The third kappa shape index (κ3) is 6.13. The molecule has 0 spiro atoms. The van der Waals surface area contributed by atoms with Crippen LogP contribution in [0.4, 0.5) is 0 Å². The van der Waals surface area contributed by atoms with E-state index in [0.29, 0.717) is 26.3 Å². The Balaban J connectivity index is 1.11. The van der Waals surface area contributed by atoms with E-state index in [1.54, 1.807) is 0 Å². The largest absolute Gasteiger partial charge is 0.135 e. The lowest BCUT2D eigenvalue weighted by molar-refractivity contribution is 0.591. The molecular formula is C58H42S. The minimum atomic E-state index is -0.469. The summed E-state index contributed by atoms with van der Waals surface area (Å²) in [6, 6.07) is 34.8. The summed E-state index contributed by atoms with van der Waals surface area (Å²) in [6.07, 6.45) is 0. The van der Waals surface area contributed by atoms with Crippen molar-refractivity contribution in [1.29, 1.82) is 0 Å². The van der Waals surface area contributed by atoms with E-state index in [4.69, 9.17) is 12.3 Å². The van der Waals surface area contributed by atoms with Gasteiger partial charge >= 0.3 is 0 Å². The van der Waals surface area contributed by atoms with Crippen LogP contribution in [0.25, 0.3) is 108 Å². The molecule has 0 aliphatic heterocycles. The van der Waals surface area contributed by atoms with Gasteiger partial charge in [0.1, 0.15) is 0 Å². The molecule has 1 aromatic heterocycles. The maximum absolute atomic E-state index is 9.50. The van der Waals surface area contributed by atoms with Crippen LogP contribution in [-0.2, 0) is 5.41 Å². The van der Waals surface area contributed by atoms with Gasteiger partial charge in [0.05, 0.1) is 17.8 Å². The smallest absolute Gasteiger partial charge is 0.0645 e. The Labute approximate surface area is 367 Å². The fourth-order valence-corrected chi connectivity index (χ4v) is 9.26. The van der Waals surface area contributed by atoms with E-state index in [9.17, 15) is 5.48 Å². The van der Waals surface area contributed by atoms with E-state index in [2.05, 4.69) is 39.0 Å². The monoisotopic (exact) mass is 783 g/mol. The van der Waals surface area contributed by atoms with E-state index >= 15 is 0 Å². The maximum atomic E-state index is 9.50. The van der Waals surface area contributed by atoms with Crippen LogP contribution in [0.2, 0.25) is 0 Å². The van der Waals surface area contributed by atoms with Crippen LogP contribution in [0.3, 0.4) is 0 Å². The third-order valence-corrected chi connectivity index (χ3v) is 12.4. The molecule has 0 unspecified atom stereocenters. The van der Waals surface area contributed by atoms with Gasteiger partial charge in [0.25, 0.3) is 0 Å². The van der Waals surface area contributed by atoms with Crippen molar-refractivity contribution in [2.75, 3.05) is 0 Å². The number of benzene rings is 10. The number of fused-ring (bicyclic) bond motifs is 6. The fraction of sp³-hybridized carbons (Fsp3) is 0.0690. The normalized spacial score (nSPS) is 15.1. The van der Waals surface area contributed by atoms with E-state index in [1.165, 1.54) is 5.56 Å². The molecule has 10 aromatic carbocycles. The Hall–Kier alpha value is -6.80. The van der Waals surface area contributed by atoms with Gasteiger partial charge in [0, 0.05) is 9.58 Å². The van der Waals surface area contributed by atoms with Gasteiger partial charge in [-0.3, -0.25) is 0 Å². The maximum Gasteiger partial charge on any atom is 0.0645 e.